The molecule has 0 aliphatic carbocycles. The van der Waals surface area contributed by atoms with Crippen molar-refractivity contribution in [1.82, 2.24) is 0 Å². The van der Waals surface area contributed by atoms with Gasteiger partial charge in [0.25, 0.3) is 5.91 Å². The van der Waals surface area contributed by atoms with Gasteiger partial charge >= 0.3 is 11.9 Å². The molecule has 6 nitrogen and oxygen atoms in total. The quantitative estimate of drug-likeness (QED) is 0.586. The van der Waals surface area contributed by atoms with Crippen molar-refractivity contribution < 1.29 is 23.9 Å². The van der Waals surface area contributed by atoms with Crippen molar-refractivity contribution in [2.24, 2.45) is 0 Å². The molecule has 28 heavy (non-hydrogen) atoms. The Labute approximate surface area is 164 Å². The highest BCUT2D eigenvalue weighted by Gasteiger charge is 2.10. The monoisotopic (exact) mass is 381 g/mol. The molecule has 0 saturated carbocycles. The Hall–Kier alpha value is -3.41. The Balaban J connectivity index is 1.87. The van der Waals surface area contributed by atoms with Crippen molar-refractivity contribution in [2.45, 2.75) is 20.3 Å². The standard InChI is InChI=1S/C22H23NO5/c1-4-17-7-5-6-15(2)21(17)23-19(24)14-28-20(25)13-10-16-8-11-18(12-9-16)22(26)27-3/h5-13H,4,14H2,1-3H3,(H,23,24)/b13-10+. The second-order valence-corrected chi connectivity index (χ2v) is 6.07. The van der Waals surface area contributed by atoms with E-state index in [1.54, 1.807) is 24.3 Å². The molecule has 2 rings (SSSR count). The van der Waals surface area contributed by atoms with Crippen LogP contribution in [0.25, 0.3) is 6.08 Å². The van der Waals surface area contributed by atoms with E-state index in [-0.39, 0.29) is 6.61 Å². The molecule has 0 saturated heterocycles. The molecule has 1 N–H and O–H groups in total. The largest absolute Gasteiger partial charge is 0.465 e. The number of carbonyl (C=O) groups is 3. The van der Waals surface area contributed by atoms with Crippen LogP contribution in [0.5, 0.6) is 0 Å². The number of carbonyl (C=O) groups excluding carboxylic acids is 3. The SMILES string of the molecule is CCc1cccc(C)c1NC(=O)COC(=O)/C=C/c1ccc(C(=O)OC)cc1. The molecule has 0 atom stereocenters. The van der Waals surface area contributed by atoms with Gasteiger partial charge in [-0.25, -0.2) is 9.59 Å². The third kappa shape index (κ3) is 5.81. The lowest BCUT2D eigenvalue weighted by Gasteiger charge is -2.12. The highest BCUT2D eigenvalue weighted by atomic mass is 16.5. The summed E-state index contributed by atoms with van der Waals surface area (Å²) in [6.45, 7) is 3.55. The van der Waals surface area contributed by atoms with Gasteiger partial charge in [0.05, 0.1) is 12.7 Å². The first kappa shape index (κ1) is 20.9. The predicted octanol–water partition coefficient (Wildman–Crippen LogP) is 3.54. The second kappa shape index (κ2) is 10.1. The van der Waals surface area contributed by atoms with Gasteiger partial charge in [0, 0.05) is 11.8 Å². The number of amides is 1. The van der Waals surface area contributed by atoms with Gasteiger partial charge in [-0.05, 0) is 48.2 Å². The minimum atomic E-state index is -0.632. The van der Waals surface area contributed by atoms with Gasteiger partial charge in [-0.2, -0.15) is 0 Å². The fourth-order valence-corrected chi connectivity index (χ4v) is 2.57. The molecule has 0 bridgehead atoms. The molecule has 0 fully saturated rings. The minimum absolute atomic E-state index is 0.373. The van der Waals surface area contributed by atoms with Crippen LogP contribution in [0.3, 0.4) is 0 Å². The van der Waals surface area contributed by atoms with Crippen LogP contribution in [0, 0.1) is 6.92 Å². The van der Waals surface area contributed by atoms with Crippen molar-refractivity contribution in [1.29, 1.82) is 0 Å². The van der Waals surface area contributed by atoms with E-state index in [1.165, 1.54) is 19.3 Å². The van der Waals surface area contributed by atoms with E-state index in [1.807, 2.05) is 32.0 Å². The third-order valence-electron chi connectivity index (χ3n) is 4.09. The number of hydrogen-bond donors (Lipinski definition) is 1. The molecular weight excluding hydrogens is 358 g/mol. The van der Waals surface area contributed by atoms with Gasteiger partial charge in [0.15, 0.2) is 6.61 Å². The number of rotatable bonds is 7. The molecular formula is C22H23NO5. The fourth-order valence-electron chi connectivity index (χ4n) is 2.57. The highest BCUT2D eigenvalue weighted by molar-refractivity contribution is 5.95. The van der Waals surface area contributed by atoms with Crippen LogP contribution >= 0.6 is 0 Å². The summed E-state index contributed by atoms with van der Waals surface area (Å²) in [5.41, 5.74) is 3.86. The van der Waals surface area contributed by atoms with Crippen LogP contribution in [0.4, 0.5) is 5.69 Å². The van der Waals surface area contributed by atoms with Crippen molar-refractivity contribution in [3.63, 3.8) is 0 Å². The highest BCUT2D eigenvalue weighted by Crippen LogP contribution is 2.20. The van der Waals surface area contributed by atoms with Gasteiger partial charge < -0.3 is 14.8 Å². The predicted molar refractivity (Wildman–Crippen MR) is 107 cm³/mol. The van der Waals surface area contributed by atoms with E-state index in [0.29, 0.717) is 11.1 Å². The summed E-state index contributed by atoms with van der Waals surface area (Å²) in [4.78, 5) is 35.3. The number of aryl methyl sites for hydroxylation is 2. The molecule has 1 amide bonds. The number of para-hydroxylation sites is 1. The van der Waals surface area contributed by atoms with E-state index in [4.69, 9.17) is 4.74 Å². The number of benzene rings is 2. The maximum absolute atomic E-state index is 12.1. The molecule has 0 aromatic heterocycles. The molecule has 0 aliphatic rings. The summed E-state index contributed by atoms with van der Waals surface area (Å²) in [7, 11) is 1.31. The normalized spacial score (nSPS) is 10.5. The van der Waals surface area contributed by atoms with E-state index in [2.05, 4.69) is 10.1 Å². The van der Waals surface area contributed by atoms with Gasteiger partial charge in [-0.1, -0.05) is 37.3 Å². The number of ether oxygens (including phenoxy) is 2. The second-order valence-electron chi connectivity index (χ2n) is 6.07. The van der Waals surface area contributed by atoms with Gasteiger partial charge in [0.2, 0.25) is 0 Å². The molecule has 2 aromatic carbocycles. The van der Waals surface area contributed by atoms with Crippen molar-refractivity contribution >= 4 is 29.6 Å². The molecule has 146 valence electrons. The summed E-state index contributed by atoms with van der Waals surface area (Å²) < 4.78 is 9.60. The zero-order chi connectivity index (χ0) is 20.5. The van der Waals surface area contributed by atoms with E-state index in [9.17, 15) is 14.4 Å². The van der Waals surface area contributed by atoms with E-state index < -0.39 is 17.8 Å². The first-order valence-corrected chi connectivity index (χ1v) is 8.86. The molecule has 2 aromatic rings. The van der Waals surface area contributed by atoms with Crippen LogP contribution < -0.4 is 5.32 Å². The Morgan fingerprint density at radius 2 is 1.79 bits per heavy atom. The lowest BCUT2D eigenvalue weighted by molar-refractivity contribution is -0.142. The average molecular weight is 381 g/mol. The average Bonchev–Trinajstić information content (AvgIpc) is 2.72. The maximum atomic E-state index is 12.1. The molecule has 0 unspecified atom stereocenters. The fraction of sp³-hybridized carbons (Fsp3) is 0.227. The zero-order valence-electron chi connectivity index (χ0n) is 16.2. The summed E-state index contributed by atoms with van der Waals surface area (Å²) in [6.07, 6.45) is 3.55. The zero-order valence-corrected chi connectivity index (χ0v) is 16.2. The van der Waals surface area contributed by atoms with Crippen LogP contribution in [0.2, 0.25) is 0 Å². The Bertz CT molecular complexity index is 884. The maximum Gasteiger partial charge on any atom is 0.337 e. The van der Waals surface area contributed by atoms with Gasteiger partial charge in [-0.3, -0.25) is 4.79 Å². The minimum Gasteiger partial charge on any atom is -0.465 e. The number of anilines is 1. The van der Waals surface area contributed by atoms with Gasteiger partial charge in [-0.15, -0.1) is 0 Å². The molecule has 0 spiro atoms. The Kier molecular flexibility index (Phi) is 7.51. The van der Waals surface area contributed by atoms with Crippen molar-refractivity contribution in [3.8, 4) is 0 Å². The third-order valence-corrected chi connectivity index (χ3v) is 4.09. The number of esters is 2. The molecule has 0 radical (unpaired) electrons. The Morgan fingerprint density at radius 1 is 1.07 bits per heavy atom. The van der Waals surface area contributed by atoms with Crippen molar-refractivity contribution in [3.05, 3.63) is 70.8 Å². The first-order chi connectivity index (χ1) is 13.4. The smallest absolute Gasteiger partial charge is 0.337 e. The van der Waals surface area contributed by atoms with Crippen LogP contribution in [-0.2, 0) is 25.5 Å². The molecule has 0 aliphatic heterocycles. The number of hydrogen-bond acceptors (Lipinski definition) is 5. The van der Waals surface area contributed by atoms with Crippen LogP contribution in [0.15, 0.2) is 48.5 Å². The number of methoxy groups -OCH3 is 1. The summed E-state index contributed by atoms with van der Waals surface area (Å²) >= 11 is 0. The first-order valence-electron chi connectivity index (χ1n) is 8.86. The Morgan fingerprint density at radius 3 is 2.43 bits per heavy atom. The van der Waals surface area contributed by atoms with Gasteiger partial charge in [0.1, 0.15) is 0 Å². The summed E-state index contributed by atoms with van der Waals surface area (Å²) in [5.74, 6) is -1.46. The summed E-state index contributed by atoms with van der Waals surface area (Å²) in [6, 6.07) is 12.3. The lowest BCUT2D eigenvalue weighted by Crippen LogP contribution is -2.21. The topological polar surface area (TPSA) is 81.7 Å². The lowest BCUT2D eigenvalue weighted by atomic mass is 10.1. The summed E-state index contributed by atoms with van der Waals surface area (Å²) in [5, 5.41) is 2.80. The van der Waals surface area contributed by atoms with E-state index in [0.717, 1.165) is 23.2 Å². The molecule has 0 heterocycles. The van der Waals surface area contributed by atoms with Crippen LogP contribution in [0.1, 0.15) is 34.0 Å². The van der Waals surface area contributed by atoms with Crippen LogP contribution in [-0.4, -0.2) is 31.6 Å². The number of nitrogens with one attached hydrogen (secondary N) is 1. The van der Waals surface area contributed by atoms with E-state index >= 15 is 0 Å². The molecule has 6 heteroatoms. The van der Waals surface area contributed by atoms with Crippen molar-refractivity contribution in [2.75, 3.05) is 19.0 Å².